The number of hydrogen-bond donors (Lipinski definition) is 1. The van der Waals surface area contributed by atoms with E-state index >= 15 is 0 Å². The molecule has 0 fully saturated rings. The Labute approximate surface area is 183 Å². The number of fused-ring (bicyclic) bond motifs is 3. The summed E-state index contributed by atoms with van der Waals surface area (Å²) in [6.07, 6.45) is 4.17. The predicted octanol–water partition coefficient (Wildman–Crippen LogP) is 3.44. The van der Waals surface area contributed by atoms with Crippen LogP contribution in [0.15, 0.2) is 6.20 Å². The summed E-state index contributed by atoms with van der Waals surface area (Å²) in [6, 6.07) is 0. The van der Waals surface area contributed by atoms with Crippen LogP contribution in [0.4, 0.5) is 0 Å². The number of nitrogens with one attached hydrogen (secondary N) is 1. The van der Waals surface area contributed by atoms with E-state index in [4.69, 9.17) is 0 Å². The van der Waals surface area contributed by atoms with Crippen molar-refractivity contribution in [2.45, 2.75) is 66.2 Å². The van der Waals surface area contributed by atoms with Crippen LogP contribution in [-0.4, -0.2) is 54.0 Å². The second-order valence-electron chi connectivity index (χ2n) is 9.69. The molecule has 0 saturated carbocycles. The molecular weight excluding hydrogens is 420 g/mol. The average Bonchev–Trinajstić information content (AvgIpc) is 3.16. The van der Waals surface area contributed by atoms with Gasteiger partial charge in [0.05, 0.1) is 5.75 Å². The first-order chi connectivity index (χ1) is 13.9. The summed E-state index contributed by atoms with van der Waals surface area (Å²) in [5.74, 6) is -0.730. The molecule has 1 N–H and O–H groups in total. The van der Waals surface area contributed by atoms with Gasteiger partial charge in [-0.2, -0.15) is 0 Å². The molecule has 9 heteroatoms. The first-order valence-electron chi connectivity index (χ1n) is 10.7. The zero-order chi connectivity index (χ0) is 22.3. The fraction of sp³-hybridized carbons (Fsp3) is 0.714. The molecule has 30 heavy (non-hydrogen) atoms. The molecule has 1 aliphatic rings. The number of thiazole rings is 1. The standard InChI is InChI=1S/C21H34N4O3S2/c1-7-24(8-2)10-9-11-30(27,28)23-18(26)15-13-25-16-12-20(3,4)14-21(5,6)17(16)29-19(25)22-15/h13H,7-12,14H2,1-6H3,(H,23,26). The molecule has 2 heterocycles. The third kappa shape index (κ3) is 4.89. The lowest BCUT2D eigenvalue weighted by molar-refractivity contribution is 0.0977. The third-order valence-corrected chi connectivity index (χ3v) is 8.65. The zero-order valence-corrected chi connectivity index (χ0v) is 20.5. The second-order valence-corrected chi connectivity index (χ2v) is 12.5. The van der Waals surface area contributed by atoms with Crippen LogP contribution in [-0.2, 0) is 21.9 Å². The van der Waals surface area contributed by atoms with Gasteiger partial charge in [-0.1, -0.05) is 41.5 Å². The number of carbonyl (C=O) groups is 1. The maximum absolute atomic E-state index is 12.6. The minimum absolute atomic E-state index is 0.0546. The largest absolute Gasteiger partial charge is 0.304 e. The summed E-state index contributed by atoms with van der Waals surface area (Å²) in [7, 11) is -3.69. The van der Waals surface area contributed by atoms with E-state index in [-0.39, 0.29) is 22.3 Å². The van der Waals surface area contributed by atoms with Gasteiger partial charge in [0.2, 0.25) is 10.0 Å². The molecule has 168 valence electrons. The zero-order valence-electron chi connectivity index (χ0n) is 18.9. The van der Waals surface area contributed by atoms with Crippen LogP contribution in [0.5, 0.6) is 0 Å². The number of amides is 1. The number of hydrogen-bond acceptors (Lipinski definition) is 6. The molecule has 0 atom stereocenters. The number of aromatic nitrogens is 2. The van der Waals surface area contributed by atoms with Crippen molar-refractivity contribution in [3.8, 4) is 0 Å². The van der Waals surface area contributed by atoms with Gasteiger partial charge in [-0.15, -0.1) is 11.3 Å². The lowest BCUT2D eigenvalue weighted by Crippen LogP contribution is -2.34. The van der Waals surface area contributed by atoms with Gasteiger partial charge in [0.1, 0.15) is 5.69 Å². The quantitative estimate of drug-likeness (QED) is 0.661. The minimum Gasteiger partial charge on any atom is -0.304 e. The molecule has 1 amide bonds. The Morgan fingerprint density at radius 1 is 1.27 bits per heavy atom. The monoisotopic (exact) mass is 454 g/mol. The lowest BCUT2D eigenvalue weighted by atomic mass is 9.67. The topological polar surface area (TPSA) is 83.8 Å². The lowest BCUT2D eigenvalue weighted by Gasteiger charge is -2.40. The van der Waals surface area contributed by atoms with Crippen LogP contribution in [0.3, 0.4) is 0 Å². The molecular formula is C21H34N4O3S2. The maximum Gasteiger partial charge on any atom is 0.284 e. The molecule has 0 radical (unpaired) electrons. The second kappa shape index (κ2) is 8.24. The van der Waals surface area contributed by atoms with Crippen LogP contribution in [0.1, 0.15) is 75.4 Å². The molecule has 0 unspecified atom stereocenters. The van der Waals surface area contributed by atoms with E-state index in [1.54, 1.807) is 17.5 Å². The number of nitrogens with zero attached hydrogens (tertiary/aromatic N) is 3. The molecule has 1 aliphatic carbocycles. The van der Waals surface area contributed by atoms with Gasteiger partial charge in [-0.3, -0.25) is 9.20 Å². The molecule has 0 aromatic carbocycles. The summed E-state index contributed by atoms with van der Waals surface area (Å²) in [5, 5.41) is 0. The van der Waals surface area contributed by atoms with Gasteiger partial charge >= 0.3 is 0 Å². The average molecular weight is 455 g/mol. The molecule has 0 spiro atoms. The normalized spacial score (nSPS) is 18.0. The van der Waals surface area contributed by atoms with E-state index in [0.29, 0.717) is 13.0 Å². The summed E-state index contributed by atoms with van der Waals surface area (Å²) in [4.78, 5) is 21.2. The highest BCUT2D eigenvalue weighted by Gasteiger charge is 2.40. The summed E-state index contributed by atoms with van der Waals surface area (Å²) in [5.41, 5.74) is 1.55. The van der Waals surface area contributed by atoms with Gasteiger partial charge in [0.15, 0.2) is 4.96 Å². The van der Waals surface area contributed by atoms with Crippen molar-refractivity contribution in [3.05, 3.63) is 22.5 Å². The molecule has 2 aromatic rings. The van der Waals surface area contributed by atoms with Crippen LogP contribution >= 0.6 is 11.3 Å². The van der Waals surface area contributed by atoms with Gasteiger partial charge < -0.3 is 4.90 Å². The van der Waals surface area contributed by atoms with Crippen molar-refractivity contribution in [2.24, 2.45) is 5.41 Å². The molecule has 0 bridgehead atoms. The third-order valence-electron chi connectivity index (χ3n) is 5.86. The summed E-state index contributed by atoms with van der Waals surface area (Å²) < 4.78 is 28.9. The Morgan fingerprint density at radius 3 is 2.57 bits per heavy atom. The highest BCUT2D eigenvalue weighted by Crippen LogP contribution is 2.48. The number of imidazole rings is 1. The van der Waals surface area contributed by atoms with E-state index in [1.165, 1.54) is 10.6 Å². The predicted molar refractivity (Wildman–Crippen MR) is 122 cm³/mol. The van der Waals surface area contributed by atoms with Crippen LogP contribution < -0.4 is 4.72 Å². The number of carbonyl (C=O) groups excluding carboxylic acids is 1. The Kier molecular flexibility index (Phi) is 6.38. The van der Waals surface area contributed by atoms with Gasteiger partial charge in [-0.25, -0.2) is 18.1 Å². The minimum atomic E-state index is -3.69. The smallest absolute Gasteiger partial charge is 0.284 e. The fourth-order valence-corrected chi connectivity index (χ4v) is 6.97. The Bertz CT molecular complexity index is 1030. The molecule has 3 rings (SSSR count). The van der Waals surface area contributed by atoms with Crippen molar-refractivity contribution >= 4 is 32.2 Å². The van der Waals surface area contributed by atoms with Crippen molar-refractivity contribution in [2.75, 3.05) is 25.4 Å². The fourth-order valence-electron chi connectivity index (χ4n) is 4.75. The van der Waals surface area contributed by atoms with E-state index in [1.807, 2.05) is 18.2 Å². The van der Waals surface area contributed by atoms with E-state index in [0.717, 1.165) is 30.9 Å². The van der Waals surface area contributed by atoms with Gasteiger partial charge in [-0.05, 0) is 44.3 Å². The van der Waals surface area contributed by atoms with Crippen molar-refractivity contribution in [1.29, 1.82) is 0 Å². The maximum atomic E-state index is 12.6. The molecule has 2 aromatic heterocycles. The Morgan fingerprint density at radius 2 is 1.93 bits per heavy atom. The number of sulfonamides is 1. The number of rotatable bonds is 8. The van der Waals surface area contributed by atoms with Crippen molar-refractivity contribution in [1.82, 2.24) is 19.0 Å². The van der Waals surface area contributed by atoms with E-state index < -0.39 is 15.9 Å². The summed E-state index contributed by atoms with van der Waals surface area (Å²) >= 11 is 1.60. The molecule has 0 saturated heterocycles. The SMILES string of the molecule is CCN(CC)CCCS(=O)(=O)NC(=O)c1cn2c3c(sc2n1)C(C)(C)CC(C)(C)C3. The van der Waals surface area contributed by atoms with Crippen molar-refractivity contribution < 1.29 is 13.2 Å². The van der Waals surface area contributed by atoms with E-state index in [9.17, 15) is 13.2 Å². The van der Waals surface area contributed by atoms with Crippen LogP contribution in [0.25, 0.3) is 4.96 Å². The van der Waals surface area contributed by atoms with Gasteiger partial charge in [0, 0.05) is 22.2 Å². The van der Waals surface area contributed by atoms with Crippen molar-refractivity contribution in [3.63, 3.8) is 0 Å². The molecule has 7 nitrogen and oxygen atoms in total. The highest BCUT2D eigenvalue weighted by atomic mass is 32.2. The highest BCUT2D eigenvalue weighted by molar-refractivity contribution is 7.90. The van der Waals surface area contributed by atoms with Crippen LogP contribution in [0, 0.1) is 5.41 Å². The first-order valence-corrected chi connectivity index (χ1v) is 13.1. The molecule has 0 aliphatic heterocycles. The van der Waals surface area contributed by atoms with E-state index in [2.05, 4.69) is 42.3 Å². The Balaban J connectivity index is 1.75. The summed E-state index contributed by atoms with van der Waals surface area (Å²) in [6.45, 7) is 15.6. The van der Waals surface area contributed by atoms with Gasteiger partial charge in [0.25, 0.3) is 5.91 Å². The Hall–Kier alpha value is -1.45. The van der Waals surface area contributed by atoms with Crippen LogP contribution in [0.2, 0.25) is 0 Å². The first kappa shape index (κ1) is 23.2.